The molecule has 1 N–H and O–H groups in total. The van der Waals surface area contributed by atoms with Crippen LogP contribution in [-0.4, -0.2) is 29.3 Å². The molecule has 0 radical (unpaired) electrons. The molecule has 0 fully saturated rings. The van der Waals surface area contributed by atoms with Crippen LogP contribution in [0, 0.1) is 0 Å². The second kappa shape index (κ2) is 8.44. The normalized spacial score (nSPS) is 12.3. The molecule has 1 aromatic carbocycles. The average Bonchev–Trinajstić information content (AvgIpc) is 3.51. The van der Waals surface area contributed by atoms with Gasteiger partial charge in [0.1, 0.15) is 11.8 Å². The second-order valence-electron chi connectivity index (χ2n) is 8.30. The van der Waals surface area contributed by atoms with Gasteiger partial charge in [0.25, 0.3) is 5.56 Å². The number of rotatable bonds is 5. The number of para-hydroxylation sites is 1. The summed E-state index contributed by atoms with van der Waals surface area (Å²) >= 11 is 1.56. The highest BCUT2D eigenvalue weighted by molar-refractivity contribution is 7.17. The zero-order chi connectivity index (χ0) is 23.9. The van der Waals surface area contributed by atoms with Crippen molar-refractivity contribution in [1.29, 1.82) is 0 Å². The minimum absolute atomic E-state index is 0.0666. The molecule has 0 aliphatic rings. The number of thiophene rings is 1. The molecule has 1 atom stereocenters. The third-order valence-electron chi connectivity index (χ3n) is 6.00. The van der Waals surface area contributed by atoms with E-state index < -0.39 is 0 Å². The summed E-state index contributed by atoms with van der Waals surface area (Å²) in [5, 5.41) is 10.5. The molecule has 5 heterocycles. The Hall–Kier alpha value is -4.37. The van der Waals surface area contributed by atoms with Crippen LogP contribution in [-0.2, 0) is 7.05 Å². The summed E-state index contributed by atoms with van der Waals surface area (Å²) in [5.41, 5.74) is 4.83. The minimum atomic E-state index is -0.239. The van der Waals surface area contributed by atoms with Gasteiger partial charge in [-0.05, 0) is 37.3 Å². The molecule has 1 unspecified atom stereocenters. The molecule has 0 aliphatic carbocycles. The van der Waals surface area contributed by atoms with Gasteiger partial charge in [-0.1, -0.05) is 18.2 Å². The first kappa shape index (κ1) is 21.2. The van der Waals surface area contributed by atoms with E-state index >= 15 is 0 Å². The zero-order valence-corrected chi connectivity index (χ0v) is 19.9. The zero-order valence-electron chi connectivity index (χ0n) is 19.1. The molecule has 0 amide bonds. The average molecular weight is 480 g/mol. The Morgan fingerprint density at radius 1 is 1.06 bits per heavy atom. The maximum absolute atomic E-state index is 14.1. The highest BCUT2D eigenvalue weighted by Crippen LogP contribution is 2.34. The number of aromatic nitrogens is 6. The third kappa shape index (κ3) is 3.66. The third-order valence-corrected chi connectivity index (χ3v) is 6.92. The predicted molar refractivity (Wildman–Crippen MR) is 139 cm³/mol. The van der Waals surface area contributed by atoms with Gasteiger partial charge in [-0.3, -0.25) is 19.0 Å². The van der Waals surface area contributed by atoms with Crippen molar-refractivity contribution >= 4 is 38.3 Å². The summed E-state index contributed by atoms with van der Waals surface area (Å²) in [6.07, 6.45) is 6.96. The van der Waals surface area contributed by atoms with Crippen molar-refractivity contribution < 1.29 is 0 Å². The molecule has 9 heteroatoms. The van der Waals surface area contributed by atoms with E-state index in [0.29, 0.717) is 16.7 Å². The van der Waals surface area contributed by atoms with Gasteiger partial charge in [-0.15, -0.1) is 11.3 Å². The lowest BCUT2D eigenvalue weighted by molar-refractivity contribution is 0.768. The molecular weight excluding hydrogens is 458 g/mol. The van der Waals surface area contributed by atoms with Crippen LogP contribution in [0.25, 0.3) is 37.9 Å². The smallest absolute Gasteiger partial charge is 0.264 e. The van der Waals surface area contributed by atoms with Gasteiger partial charge in [0.2, 0.25) is 0 Å². The van der Waals surface area contributed by atoms with Crippen LogP contribution >= 0.6 is 11.3 Å². The number of hydrogen-bond donors (Lipinski definition) is 1. The molecule has 6 rings (SSSR count). The van der Waals surface area contributed by atoms with E-state index in [2.05, 4.69) is 31.4 Å². The highest BCUT2D eigenvalue weighted by atomic mass is 32.1. The number of pyridine rings is 2. The van der Waals surface area contributed by atoms with E-state index in [-0.39, 0.29) is 11.6 Å². The Labute approximate surface area is 204 Å². The molecule has 35 heavy (non-hydrogen) atoms. The number of aryl methyl sites for hydroxylation is 1. The summed E-state index contributed by atoms with van der Waals surface area (Å²) < 4.78 is 4.45. The van der Waals surface area contributed by atoms with Crippen LogP contribution in [0.3, 0.4) is 0 Å². The van der Waals surface area contributed by atoms with Gasteiger partial charge in [0, 0.05) is 52.0 Å². The van der Waals surface area contributed by atoms with E-state index in [4.69, 9.17) is 0 Å². The summed E-state index contributed by atoms with van der Waals surface area (Å²) in [6, 6.07) is 15.3. The van der Waals surface area contributed by atoms with Crippen molar-refractivity contribution in [3.8, 4) is 16.8 Å². The lowest BCUT2D eigenvalue weighted by atomic mass is 10.1. The number of nitrogens with one attached hydrogen (secondary N) is 1. The summed E-state index contributed by atoms with van der Waals surface area (Å²) in [7, 11) is 1.87. The second-order valence-corrected chi connectivity index (χ2v) is 9.21. The van der Waals surface area contributed by atoms with Crippen LogP contribution < -0.4 is 10.9 Å². The molecule has 0 bridgehead atoms. The summed E-state index contributed by atoms with van der Waals surface area (Å²) in [6.45, 7) is 2.02. The van der Waals surface area contributed by atoms with Crippen molar-refractivity contribution in [2.75, 3.05) is 5.32 Å². The Morgan fingerprint density at radius 2 is 1.91 bits per heavy atom. The molecule has 0 saturated carbocycles. The van der Waals surface area contributed by atoms with E-state index in [1.165, 1.54) is 6.33 Å². The van der Waals surface area contributed by atoms with Gasteiger partial charge in [-0.25, -0.2) is 9.97 Å². The van der Waals surface area contributed by atoms with Crippen LogP contribution in [0.2, 0.25) is 0 Å². The topological polar surface area (TPSA) is 90.5 Å². The molecular formula is C26H21N7OS. The monoisotopic (exact) mass is 479 g/mol. The first-order valence-electron chi connectivity index (χ1n) is 11.1. The Bertz CT molecular complexity index is 1730. The maximum atomic E-state index is 14.1. The van der Waals surface area contributed by atoms with E-state index in [9.17, 15) is 4.79 Å². The molecule has 172 valence electrons. The lowest BCUT2D eigenvalue weighted by Gasteiger charge is -2.21. The number of fused-ring (bicyclic) bond motifs is 2. The van der Waals surface area contributed by atoms with Gasteiger partial charge < -0.3 is 5.32 Å². The quantitative estimate of drug-likeness (QED) is 0.376. The van der Waals surface area contributed by atoms with Crippen LogP contribution in [0.1, 0.15) is 18.7 Å². The Morgan fingerprint density at radius 3 is 2.71 bits per heavy atom. The SMILES string of the molecule is CC(Nc1ncnc2cccnc12)c1cc2scc(-c3cnn(C)c3)c2c(=O)n1-c1ccccc1. The van der Waals surface area contributed by atoms with Crippen LogP contribution in [0.4, 0.5) is 5.82 Å². The summed E-state index contributed by atoms with van der Waals surface area (Å²) in [5.74, 6) is 0.623. The fraction of sp³-hybridized carbons (Fsp3) is 0.115. The van der Waals surface area contributed by atoms with Gasteiger partial charge in [0.05, 0.1) is 23.1 Å². The molecule has 0 aliphatic heterocycles. The number of anilines is 1. The van der Waals surface area contributed by atoms with Crippen molar-refractivity contribution in [2.45, 2.75) is 13.0 Å². The number of hydrogen-bond acceptors (Lipinski definition) is 7. The Kier molecular flexibility index (Phi) is 5.11. The summed E-state index contributed by atoms with van der Waals surface area (Å²) in [4.78, 5) is 27.2. The molecule has 8 nitrogen and oxygen atoms in total. The van der Waals surface area contributed by atoms with E-state index in [1.807, 2.05) is 68.0 Å². The maximum Gasteiger partial charge on any atom is 0.264 e. The predicted octanol–water partition coefficient (Wildman–Crippen LogP) is 4.96. The van der Waals surface area contributed by atoms with E-state index in [0.717, 1.165) is 32.7 Å². The molecule has 0 spiro atoms. The molecule has 0 saturated heterocycles. The van der Waals surface area contributed by atoms with Crippen LogP contribution in [0.15, 0.2) is 83.6 Å². The van der Waals surface area contributed by atoms with Gasteiger partial charge in [0.15, 0.2) is 5.82 Å². The van der Waals surface area contributed by atoms with Crippen molar-refractivity contribution in [1.82, 2.24) is 29.3 Å². The first-order chi connectivity index (χ1) is 17.1. The highest BCUT2D eigenvalue weighted by Gasteiger charge is 2.21. The van der Waals surface area contributed by atoms with Crippen LogP contribution in [0.5, 0.6) is 0 Å². The number of nitrogens with zero attached hydrogens (tertiary/aromatic N) is 6. The van der Waals surface area contributed by atoms with Crippen molar-refractivity contribution in [3.63, 3.8) is 0 Å². The van der Waals surface area contributed by atoms with Gasteiger partial charge >= 0.3 is 0 Å². The number of benzene rings is 1. The van der Waals surface area contributed by atoms with Gasteiger partial charge in [-0.2, -0.15) is 5.10 Å². The molecule has 6 aromatic rings. The lowest BCUT2D eigenvalue weighted by Crippen LogP contribution is -2.25. The standard InChI is InChI=1S/C26H21N7OS/c1-16(31-25-24-20(28-15-29-25)9-6-10-27-24)21-11-22-23(19(14-35-22)17-12-30-32(2)13-17)26(34)33(21)18-7-4-3-5-8-18/h3-16H,1-2H3,(H,28,29,31). The largest absolute Gasteiger partial charge is 0.360 e. The Balaban J connectivity index is 1.54. The molecule has 5 aromatic heterocycles. The fourth-order valence-corrected chi connectivity index (χ4v) is 5.34. The van der Waals surface area contributed by atoms with E-state index in [1.54, 1.807) is 33.0 Å². The van der Waals surface area contributed by atoms with Crippen molar-refractivity contribution in [3.05, 3.63) is 94.9 Å². The first-order valence-corrected chi connectivity index (χ1v) is 12.0. The van der Waals surface area contributed by atoms with Crippen molar-refractivity contribution in [2.24, 2.45) is 7.05 Å². The fourth-order valence-electron chi connectivity index (χ4n) is 4.34. The minimum Gasteiger partial charge on any atom is -0.360 e.